The first-order chi connectivity index (χ1) is 28.1. The van der Waals surface area contributed by atoms with Crippen molar-refractivity contribution in [1.29, 1.82) is 10.5 Å². The number of para-hydroxylation sites is 4. The number of aromatic nitrogens is 2. The molecule has 6 heteroatoms. The fourth-order valence-corrected chi connectivity index (χ4v) is 8.88. The van der Waals surface area contributed by atoms with Crippen LogP contribution >= 0.6 is 0 Å². The van der Waals surface area contributed by atoms with Crippen LogP contribution in [0.15, 0.2) is 161 Å². The molecule has 57 heavy (non-hydrogen) atoms. The highest BCUT2D eigenvalue weighted by Crippen LogP contribution is 2.46. The molecule has 0 N–H and O–H groups in total. The number of nitrogens with zero attached hydrogens (tertiary/aromatic N) is 4. The number of allylic oxidation sites excluding steroid dienone is 2. The molecule has 0 spiro atoms. The number of nitriles is 2. The zero-order valence-electron chi connectivity index (χ0n) is 30.7. The zero-order chi connectivity index (χ0) is 38.4. The highest BCUT2D eigenvalue weighted by molar-refractivity contribution is 6.22. The van der Waals surface area contributed by atoms with E-state index in [1.165, 1.54) is 0 Å². The van der Waals surface area contributed by atoms with E-state index >= 15 is 0 Å². The second-order valence-corrected chi connectivity index (χ2v) is 14.3. The van der Waals surface area contributed by atoms with Gasteiger partial charge >= 0.3 is 0 Å². The maximum atomic E-state index is 10.9. The van der Waals surface area contributed by atoms with Crippen LogP contribution in [0.3, 0.4) is 0 Å². The van der Waals surface area contributed by atoms with Crippen LogP contribution in [0.25, 0.3) is 105 Å². The number of hydrogen-bond acceptors (Lipinski definition) is 4. The molecule has 0 fully saturated rings. The Labute approximate surface area is 326 Å². The number of hydrogen-bond donors (Lipinski definition) is 0. The monoisotopic (exact) mass is 730 g/mol. The summed E-state index contributed by atoms with van der Waals surface area (Å²) in [4.78, 5) is 0. The Kier molecular flexibility index (Phi) is 6.95. The van der Waals surface area contributed by atoms with Crippen molar-refractivity contribution < 1.29 is 8.83 Å². The minimum atomic E-state index is 0.499. The molecule has 0 saturated carbocycles. The molecule has 4 aromatic heterocycles. The Morgan fingerprint density at radius 2 is 1.23 bits per heavy atom. The molecule has 0 radical (unpaired) electrons. The Hall–Kier alpha value is -8.06. The van der Waals surface area contributed by atoms with Crippen molar-refractivity contribution in [2.45, 2.75) is 6.92 Å². The summed E-state index contributed by atoms with van der Waals surface area (Å²) in [6.07, 6.45) is 5.55. The molecule has 0 aliphatic rings. The third-order valence-corrected chi connectivity index (χ3v) is 11.4. The lowest BCUT2D eigenvalue weighted by Gasteiger charge is -2.20. The van der Waals surface area contributed by atoms with Gasteiger partial charge in [0.1, 0.15) is 17.4 Å². The summed E-state index contributed by atoms with van der Waals surface area (Å²) in [5.74, 6) is 0.751. The summed E-state index contributed by atoms with van der Waals surface area (Å²) < 4.78 is 17.8. The van der Waals surface area contributed by atoms with Crippen molar-refractivity contribution in [1.82, 2.24) is 9.13 Å². The second-order valence-electron chi connectivity index (χ2n) is 14.3. The van der Waals surface area contributed by atoms with E-state index in [0.717, 1.165) is 110 Å². The summed E-state index contributed by atoms with van der Waals surface area (Å²) in [6.45, 7) is 5.92. The molecule has 0 bridgehead atoms. The Morgan fingerprint density at radius 1 is 0.579 bits per heavy atom. The maximum Gasteiger partial charge on any atom is 0.160 e. The van der Waals surface area contributed by atoms with Crippen LogP contribution in [0.1, 0.15) is 22.5 Å². The van der Waals surface area contributed by atoms with Crippen LogP contribution in [0.4, 0.5) is 0 Å². The molecule has 0 atom stereocenters. The van der Waals surface area contributed by atoms with Gasteiger partial charge < -0.3 is 18.0 Å². The van der Waals surface area contributed by atoms with E-state index in [9.17, 15) is 10.5 Å². The highest BCUT2D eigenvalue weighted by atomic mass is 16.3. The predicted octanol–water partition coefficient (Wildman–Crippen LogP) is 13.4. The molecule has 7 aromatic carbocycles. The fraction of sp³-hybridized carbons (Fsp3) is 0.0196. The number of fused-ring (bicyclic) bond motifs is 12. The standard InChI is InChI=1S/C51H30N4O2/c1-3-4-19-45-30(2)33-23-24-40-35-14-6-9-18-43(35)55(49(40)50(33)56-45)47-32(29-53)12-11-16-38(47)36-22-21-31(28-52)27-44(36)54-42-17-8-5-13-34(42)39-25-26-41-37-15-7-10-20-46(37)57-51(41)48(39)54/h3-27H,1H2,2H3/b19-4-. The van der Waals surface area contributed by atoms with E-state index in [1.807, 2.05) is 84.9 Å². The van der Waals surface area contributed by atoms with Crippen molar-refractivity contribution in [3.05, 3.63) is 175 Å². The minimum Gasteiger partial charge on any atom is -0.454 e. The molecule has 0 aliphatic carbocycles. The first-order valence-electron chi connectivity index (χ1n) is 18.8. The molecule has 4 heterocycles. The average molecular weight is 731 g/mol. The molecular formula is C51H30N4O2. The third-order valence-electron chi connectivity index (χ3n) is 11.4. The molecule has 6 nitrogen and oxygen atoms in total. The summed E-state index contributed by atoms with van der Waals surface area (Å²) >= 11 is 0. The zero-order valence-corrected chi connectivity index (χ0v) is 30.7. The molecule has 11 aromatic rings. The molecule has 0 saturated heterocycles. The van der Waals surface area contributed by atoms with Crippen LogP contribution < -0.4 is 0 Å². The lowest BCUT2D eigenvalue weighted by Crippen LogP contribution is -2.04. The van der Waals surface area contributed by atoms with Gasteiger partial charge in [-0.05, 0) is 55.5 Å². The third kappa shape index (κ3) is 4.50. The van der Waals surface area contributed by atoms with Crippen molar-refractivity contribution in [2.24, 2.45) is 0 Å². The summed E-state index contributed by atoms with van der Waals surface area (Å²) in [5, 5.41) is 28.5. The van der Waals surface area contributed by atoms with E-state index in [-0.39, 0.29) is 0 Å². The number of benzene rings is 7. The quantitative estimate of drug-likeness (QED) is 0.165. The van der Waals surface area contributed by atoms with Gasteiger partial charge in [-0.3, -0.25) is 0 Å². The summed E-state index contributed by atoms with van der Waals surface area (Å²) in [6, 6.07) is 49.9. The molecular weight excluding hydrogens is 701 g/mol. The SMILES string of the molecule is C=C/C=C\c1oc2c(ccc3c4ccccc4n(-c4c(C#N)cccc4-c4ccc(C#N)cc4-n4c5ccccc5c5ccc6c7ccccc7oc6c54)c32)c1C. The van der Waals surface area contributed by atoms with Crippen LogP contribution in [0, 0.1) is 29.6 Å². The number of furan rings is 2. The van der Waals surface area contributed by atoms with Crippen LogP contribution in [-0.4, -0.2) is 9.13 Å². The lowest BCUT2D eigenvalue weighted by atomic mass is 9.96. The van der Waals surface area contributed by atoms with Gasteiger partial charge in [0.2, 0.25) is 0 Å². The average Bonchev–Trinajstić information content (AvgIpc) is 4.00. The smallest absolute Gasteiger partial charge is 0.160 e. The molecule has 0 aliphatic heterocycles. The van der Waals surface area contributed by atoms with Gasteiger partial charge in [-0.1, -0.05) is 110 Å². The molecule has 0 unspecified atom stereocenters. The largest absolute Gasteiger partial charge is 0.454 e. The van der Waals surface area contributed by atoms with Crippen molar-refractivity contribution >= 4 is 82.6 Å². The number of aryl methyl sites for hydroxylation is 1. The van der Waals surface area contributed by atoms with Crippen molar-refractivity contribution in [3.63, 3.8) is 0 Å². The second kappa shape index (κ2) is 12.2. The Balaban J connectivity index is 1.30. The minimum absolute atomic E-state index is 0.499. The molecule has 266 valence electrons. The van der Waals surface area contributed by atoms with Crippen molar-refractivity contribution in [2.75, 3.05) is 0 Å². The van der Waals surface area contributed by atoms with E-state index in [4.69, 9.17) is 8.83 Å². The maximum absolute atomic E-state index is 10.9. The first-order valence-corrected chi connectivity index (χ1v) is 18.8. The Bertz CT molecular complexity index is 3650. The predicted molar refractivity (Wildman–Crippen MR) is 231 cm³/mol. The van der Waals surface area contributed by atoms with E-state index in [0.29, 0.717) is 11.1 Å². The van der Waals surface area contributed by atoms with Gasteiger partial charge in [-0.25, -0.2) is 0 Å². The molecule has 0 amide bonds. The van der Waals surface area contributed by atoms with E-state index in [1.54, 1.807) is 6.08 Å². The van der Waals surface area contributed by atoms with Gasteiger partial charge in [0.05, 0.1) is 50.6 Å². The summed E-state index contributed by atoms with van der Waals surface area (Å²) in [7, 11) is 0. The van der Waals surface area contributed by atoms with Gasteiger partial charge in [0, 0.05) is 54.4 Å². The highest BCUT2D eigenvalue weighted by Gasteiger charge is 2.26. The topological polar surface area (TPSA) is 83.7 Å². The Morgan fingerprint density at radius 3 is 1.96 bits per heavy atom. The normalized spacial score (nSPS) is 11.9. The molecule has 11 rings (SSSR count). The lowest BCUT2D eigenvalue weighted by molar-refractivity contribution is 0.603. The van der Waals surface area contributed by atoms with Crippen LogP contribution in [0.5, 0.6) is 0 Å². The number of rotatable bonds is 5. The van der Waals surface area contributed by atoms with E-state index in [2.05, 4.69) is 95.4 Å². The van der Waals surface area contributed by atoms with Crippen LogP contribution in [0.2, 0.25) is 0 Å². The van der Waals surface area contributed by atoms with Crippen LogP contribution in [-0.2, 0) is 0 Å². The van der Waals surface area contributed by atoms with Gasteiger partial charge in [-0.2, -0.15) is 10.5 Å². The van der Waals surface area contributed by atoms with E-state index < -0.39 is 0 Å². The van der Waals surface area contributed by atoms with Crippen molar-refractivity contribution in [3.8, 4) is 34.6 Å². The van der Waals surface area contributed by atoms with Gasteiger partial charge in [0.25, 0.3) is 0 Å². The first kappa shape index (κ1) is 32.4. The van der Waals surface area contributed by atoms with Gasteiger partial charge in [-0.15, -0.1) is 0 Å². The van der Waals surface area contributed by atoms with Gasteiger partial charge in [0.15, 0.2) is 11.2 Å². The summed E-state index contributed by atoms with van der Waals surface area (Å²) in [5.41, 5.74) is 11.2. The fourth-order valence-electron chi connectivity index (χ4n) is 8.88.